The molecule has 0 aliphatic carbocycles. The Balaban J connectivity index is 1.67. The summed E-state index contributed by atoms with van der Waals surface area (Å²) in [6, 6.07) is 14.8. The van der Waals surface area contributed by atoms with Gasteiger partial charge in [-0.3, -0.25) is 14.5 Å². The van der Waals surface area contributed by atoms with Crippen LogP contribution in [0.2, 0.25) is 5.02 Å². The maximum absolute atomic E-state index is 12.6. The van der Waals surface area contributed by atoms with Crippen LogP contribution < -0.4 is 10.6 Å². The largest absolute Gasteiger partial charge is 0.350 e. The fourth-order valence-electron chi connectivity index (χ4n) is 3.42. The number of nitrogens with zero attached hydrogens (tertiary/aromatic N) is 1. The molecule has 2 aromatic rings. The van der Waals surface area contributed by atoms with Crippen molar-refractivity contribution >= 4 is 29.1 Å². The number of amides is 2. The fourth-order valence-corrected chi connectivity index (χ4v) is 3.62. The molecule has 0 aromatic heterocycles. The van der Waals surface area contributed by atoms with Crippen molar-refractivity contribution in [2.45, 2.75) is 25.8 Å². The van der Waals surface area contributed by atoms with Crippen LogP contribution in [-0.4, -0.2) is 36.3 Å². The lowest BCUT2D eigenvalue weighted by molar-refractivity contribution is -0.114. The third-order valence-corrected chi connectivity index (χ3v) is 4.97. The number of carbonyl (C=O) groups excluding carboxylic acids is 2. The van der Waals surface area contributed by atoms with Gasteiger partial charge in [-0.15, -0.1) is 0 Å². The van der Waals surface area contributed by atoms with Crippen LogP contribution in [0, 0.1) is 0 Å². The predicted molar refractivity (Wildman–Crippen MR) is 108 cm³/mol. The number of hydrogen-bond acceptors (Lipinski definition) is 3. The van der Waals surface area contributed by atoms with Crippen molar-refractivity contribution in [3.63, 3.8) is 0 Å². The molecule has 5 nitrogen and oxygen atoms in total. The minimum atomic E-state index is -0.137. The molecule has 0 saturated carbocycles. The summed E-state index contributed by atoms with van der Waals surface area (Å²) in [6.45, 7) is 4.03. The van der Waals surface area contributed by atoms with E-state index in [0.29, 0.717) is 22.8 Å². The highest BCUT2D eigenvalue weighted by molar-refractivity contribution is 6.30. The number of hydrogen-bond donors (Lipinski definition) is 2. The van der Waals surface area contributed by atoms with Crippen LogP contribution in [-0.2, 0) is 4.79 Å². The Hall–Kier alpha value is -2.37. The van der Waals surface area contributed by atoms with E-state index in [0.717, 1.165) is 18.7 Å². The number of benzene rings is 2. The Labute approximate surface area is 164 Å². The van der Waals surface area contributed by atoms with Crippen molar-refractivity contribution in [1.82, 2.24) is 10.2 Å². The fraction of sp³-hybridized carbons (Fsp3) is 0.333. The lowest BCUT2D eigenvalue weighted by Crippen LogP contribution is -2.36. The number of halogens is 1. The van der Waals surface area contributed by atoms with Gasteiger partial charge in [0.25, 0.3) is 5.91 Å². The summed E-state index contributed by atoms with van der Waals surface area (Å²) < 4.78 is 0. The highest BCUT2D eigenvalue weighted by atomic mass is 35.5. The summed E-state index contributed by atoms with van der Waals surface area (Å²) in [5.74, 6) is -0.266. The monoisotopic (exact) mass is 385 g/mol. The molecule has 2 N–H and O–H groups in total. The van der Waals surface area contributed by atoms with Crippen LogP contribution in [0.25, 0.3) is 0 Å². The second kappa shape index (κ2) is 9.02. The topological polar surface area (TPSA) is 61.4 Å². The van der Waals surface area contributed by atoms with Gasteiger partial charge in [0.05, 0.1) is 6.04 Å². The van der Waals surface area contributed by atoms with Crippen molar-refractivity contribution in [3.8, 4) is 0 Å². The van der Waals surface area contributed by atoms with E-state index in [1.807, 2.05) is 18.2 Å². The molecule has 142 valence electrons. The molecule has 1 fully saturated rings. The normalized spacial score (nSPS) is 15.3. The summed E-state index contributed by atoms with van der Waals surface area (Å²) in [5, 5.41) is 6.44. The number of carbonyl (C=O) groups is 2. The van der Waals surface area contributed by atoms with E-state index in [2.05, 4.69) is 21.6 Å². The summed E-state index contributed by atoms with van der Waals surface area (Å²) in [7, 11) is 0. The first-order chi connectivity index (χ1) is 13.0. The lowest BCUT2D eigenvalue weighted by atomic mass is 10.1. The highest BCUT2D eigenvalue weighted by Gasteiger charge is 2.24. The van der Waals surface area contributed by atoms with Gasteiger partial charge < -0.3 is 10.6 Å². The van der Waals surface area contributed by atoms with Crippen molar-refractivity contribution in [1.29, 1.82) is 0 Å². The molecule has 0 bridgehead atoms. The van der Waals surface area contributed by atoms with Gasteiger partial charge in [-0.1, -0.05) is 23.7 Å². The molecule has 1 unspecified atom stereocenters. The first-order valence-electron chi connectivity index (χ1n) is 9.18. The zero-order valence-corrected chi connectivity index (χ0v) is 16.1. The van der Waals surface area contributed by atoms with Crippen LogP contribution >= 0.6 is 11.6 Å². The zero-order chi connectivity index (χ0) is 19.2. The Morgan fingerprint density at radius 2 is 1.81 bits per heavy atom. The summed E-state index contributed by atoms with van der Waals surface area (Å²) in [5.41, 5.74) is 2.36. The molecule has 27 heavy (non-hydrogen) atoms. The standard InChI is InChI=1S/C21H24ClN3O2/c1-15(26)24-19-9-7-16(8-10-19)21(27)23-14-20(25-11-2-3-12-25)17-5-4-6-18(22)13-17/h4-10,13,20H,2-3,11-12,14H2,1H3,(H,23,27)(H,24,26). The van der Waals surface area contributed by atoms with Crippen LogP contribution in [0.4, 0.5) is 5.69 Å². The maximum Gasteiger partial charge on any atom is 0.251 e. The molecule has 6 heteroatoms. The SMILES string of the molecule is CC(=O)Nc1ccc(C(=O)NCC(c2cccc(Cl)c2)N2CCCC2)cc1. The average Bonchev–Trinajstić information content (AvgIpc) is 3.16. The van der Waals surface area contributed by atoms with E-state index in [1.165, 1.54) is 19.8 Å². The van der Waals surface area contributed by atoms with E-state index in [1.54, 1.807) is 24.3 Å². The number of rotatable bonds is 6. The van der Waals surface area contributed by atoms with Gasteiger partial charge >= 0.3 is 0 Å². The van der Waals surface area contributed by atoms with E-state index in [9.17, 15) is 9.59 Å². The second-order valence-electron chi connectivity index (χ2n) is 6.78. The number of nitrogens with one attached hydrogen (secondary N) is 2. The van der Waals surface area contributed by atoms with Crippen molar-refractivity contribution < 1.29 is 9.59 Å². The van der Waals surface area contributed by atoms with E-state index in [4.69, 9.17) is 11.6 Å². The minimum Gasteiger partial charge on any atom is -0.350 e. The summed E-state index contributed by atoms with van der Waals surface area (Å²) in [6.07, 6.45) is 2.35. The van der Waals surface area contributed by atoms with Crippen molar-refractivity contribution in [3.05, 3.63) is 64.7 Å². The van der Waals surface area contributed by atoms with Crippen LogP contribution in [0.5, 0.6) is 0 Å². The lowest BCUT2D eigenvalue weighted by Gasteiger charge is -2.28. The zero-order valence-electron chi connectivity index (χ0n) is 15.4. The van der Waals surface area contributed by atoms with Gasteiger partial charge in [-0.05, 0) is 67.9 Å². The van der Waals surface area contributed by atoms with Gasteiger partial charge in [-0.2, -0.15) is 0 Å². The average molecular weight is 386 g/mol. The molecule has 0 radical (unpaired) electrons. The molecular formula is C21H24ClN3O2. The molecule has 1 atom stereocenters. The van der Waals surface area contributed by atoms with E-state index in [-0.39, 0.29) is 17.9 Å². The third-order valence-electron chi connectivity index (χ3n) is 4.74. The second-order valence-corrected chi connectivity index (χ2v) is 7.22. The Bertz CT molecular complexity index is 801. The molecule has 1 aliphatic heterocycles. The first kappa shape index (κ1) is 19.4. The van der Waals surface area contributed by atoms with Crippen LogP contribution in [0.15, 0.2) is 48.5 Å². The van der Waals surface area contributed by atoms with Crippen molar-refractivity contribution in [2.75, 3.05) is 25.0 Å². The summed E-state index contributed by atoms with van der Waals surface area (Å²) in [4.78, 5) is 26.0. The van der Waals surface area contributed by atoms with Crippen LogP contribution in [0.1, 0.15) is 41.7 Å². The molecule has 3 rings (SSSR count). The first-order valence-corrected chi connectivity index (χ1v) is 9.56. The Kier molecular flexibility index (Phi) is 6.48. The molecule has 2 amide bonds. The van der Waals surface area contributed by atoms with E-state index >= 15 is 0 Å². The van der Waals surface area contributed by atoms with Gasteiger partial charge in [0.1, 0.15) is 0 Å². The molecule has 2 aromatic carbocycles. The van der Waals surface area contributed by atoms with E-state index < -0.39 is 0 Å². The Morgan fingerprint density at radius 3 is 2.44 bits per heavy atom. The van der Waals surface area contributed by atoms with Gasteiger partial charge in [-0.25, -0.2) is 0 Å². The number of anilines is 1. The smallest absolute Gasteiger partial charge is 0.251 e. The maximum atomic E-state index is 12.6. The minimum absolute atomic E-state index is 0.105. The highest BCUT2D eigenvalue weighted by Crippen LogP contribution is 2.26. The molecular weight excluding hydrogens is 362 g/mol. The van der Waals surface area contributed by atoms with Crippen molar-refractivity contribution in [2.24, 2.45) is 0 Å². The van der Waals surface area contributed by atoms with Gasteiger partial charge in [0.15, 0.2) is 0 Å². The molecule has 1 heterocycles. The molecule has 1 saturated heterocycles. The Morgan fingerprint density at radius 1 is 1.11 bits per heavy atom. The van der Waals surface area contributed by atoms with Gasteiger partial charge in [0, 0.05) is 29.7 Å². The van der Waals surface area contributed by atoms with Gasteiger partial charge in [0.2, 0.25) is 5.91 Å². The quantitative estimate of drug-likeness (QED) is 0.793. The third kappa shape index (κ3) is 5.31. The molecule has 0 spiro atoms. The molecule has 1 aliphatic rings. The van der Waals surface area contributed by atoms with Crippen LogP contribution in [0.3, 0.4) is 0 Å². The predicted octanol–water partition coefficient (Wildman–Crippen LogP) is 3.87. The summed E-state index contributed by atoms with van der Waals surface area (Å²) >= 11 is 6.17. The number of likely N-dealkylation sites (tertiary alicyclic amines) is 1.